The van der Waals surface area contributed by atoms with Crippen molar-refractivity contribution in [1.82, 2.24) is 9.78 Å². The highest BCUT2D eigenvalue weighted by Gasteiger charge is 2.06. The van der Waals surface area contributed by atoms with Crippen molar-refractivity contribution in [2.45, 2.75) is 19.3 Å². The first-order chi connectivity index (χ1) is 8.65. The van der Waals surface area contributed by atoms with Crippen molar-refractivity contribution < 1.29 is 4.79 Å². The minimum absolute atomic E-state index is 0.221. The van der Waals surface area contributed by atoms with E-state index in [1.165, 1.54) is 0 Å². The number of Topliss-reactive ketones (excluding diaryl/α,β-unsaturated/α-hetero) is 1. The Balaban J connectivity index is 1.88. The smallest absolute Gasteiger partial charge is 0.137 e. The Hall–Kier alpha value is -1.61. The van der Waals surface area contributed by atoms with Crippen LogP contribution >= 0.6 is 11.6 Å². The zero-order valence-electron chi connectivity index (χ0n) is 10.3. The summed E-state index contributed by atoms with van der Waals surface area (Å²) < 4.78 is 1.80. The Bertz CT molecular complexity index is 548. The molecule has 0 saturated carbocycles. The molecule has 1 heterocycles. The van der Waals surface area contributed by atoms with E-state index in [-0.39, 0.29) is 5.78 Å². The van der Waals surface area contributed by atoms with Crippen molar-refractivity contribution in [1.29, 1.82) is 0 Å². The summed E-state index contributed by atoms with van der Waals surface area (Å²) in [6.07, 6.45) is 3.46. The van der Waals surface area contributed by atoms with Crippen molar-refractivity contribution in [2.24, 2.45) is 7.05 Å². The van der Waals surface area contributed by atoms with Gasteiger partial charge in [-0.1, -0.05) is 23.7 Å². The summed E-state index contributed by atoms with van der Waals surface area (Å²) in [6.45, 7) is 0. The quantitative estimate of drug-likeness (QED) is 0.831. The van der Waals surface area contributed by atoms with Crippen LogP contribution in [0.15, 0.2) is 36.5 Å². The van der Waals surface area contributed by atoms with Gasteiger partial charge in [0.15, 0.2) is 0 Å². The van der Waals surface area contributed by atoms with Gasteiger partial charge in [0.2, 0.25) is 0 Å². The molecule has 0 aliphatic rings. The van der Waals surface area contributed by atoms with E-state index >= 15 is 0 Å². The molecule has 18 heavy (non-hydrogen) atoms. The Morgan fingerprint density at radius 2 is 2.22 bits per heavy atom. The number of aryl methyl sites for hydroxylation is 2. The van der Waals surface area contributed by atoms with Crippen molar-refractivity contribution in [3.05, 3.63) is 52.8 Å². The second-order valence-electron chi connectivity index (χ2n) is 4.29. The molecule has 0 aliphatic heterocycles. The number of hydrogen-bond donors (Lipinski definition) is 0. The molecule has 2 rings (SSSR count). The number of ketones is 1. The third-order valence-corrected chi connectivity index (χ3v) is 3.11. The molecule has 4 heteroatoms. The molecular formula is C14H15ClN2O. The lowest BCUT2D eigenvalue weighted by Crippen LogP contribution is -2.06. The molecular weight excluding hydrogens is 248 g/mol. The third-order valence-electron chi connectivity index (χ3n) is 2.87. The van der Waals surface area contributed by atoms with Crippen LogP contribution in [0, 0.1) is 0 Å². The van der Waals surface area contributed by atoms with Gasteiger partial charge in [-0.25, -0.2) is 0 Å². The van der Waals surface area contributed by atoms with Gasteiger partial charge in [-0.3, -0.25) is 9.48 Å². The van der Waals surface area contributed by atoms with Gasteiger partial charge >= 0.3 is 0 Å². The van der Waals surface area contributed by atoms with Crippen LogP contribution in [0.4, 0.5) is 0 Å². The maximum Gasteiger partial charge on any atom is 0.137 e. The number of nitrogens with zero attached hydrogens (tertiary/aromatic N) is 2. The van der Waals surface area contributed by atoms with Gasteiger partial charge in [-0.2, -0.15) is 5.10 Å². The standard InChI is InChI=1S/C14H15ClN2O/c1-17-13(7-8-16-17)5-6-14(18)10-11-3-2-4-12(15)9-11/h2-4,7-9H,5-6,10H2,1H3. The summed E-state index contributed by atoms with van der Waals surface area (Å²) in [5.74, 6) is 0.221. The maximum atomic E-state index is 11.9. The number of halogens is 1. The monoisotopic (exact) mass is 262 g/mol. The summed E-state index contributed by atoms with van der Waals surface area (Å²) >= 11 is 5.88. The van der Waals surface area contributed by atoms with E-state index in [4.69, 9.17) is 11.6 Å². The van der Waals surface area contributed by atoms with Gasteiger partial charge < -0.3 is 0 Å². The van der Waals surface area contributed by atoms with Crippen molar-refractivity contribution in [3.63, 3.8) is 0 Å². The van der Waals surface area contributed by atoms with E-state index in [0.29, 0.717) is 17.9 Å². The zero-order valence-corrected chi connectivity index (χ0v) is 11.0. The van der Waals surface area contributed by atoms with Crippen LogP contribution < -0.4 is 0 Å². The lowest BCUT2D eigenvalue weighted by atomic mass is 10.0. The van der Waals surface area contributed by atoms with Crippen LogP contribution in [0.2, 0.25) is 5.02 Å². The molecule has 0 fully saturated rings. The summed E-state index contributed by atoms with van der Waals surface area (Å²) in [6, 6.07) is 9.38. The Kier molecular flexibility index (Phi) is 4.15. The second kappa shape index (κ2) is 5.83. The first-order valence-corrected chi connectivity index (χ1v) is 6.26. The molecule has 0 spiro atoms. The number of benzene rings is 1. The van der Waals surface area contributed by atoms with Crippen molar-refractivity contribution in [3.8, 4) is 0 Å². The van der Waals surface area contributed by atoms with Gasteiger partial charge in [-0.05, 0) is 30.2 Å². The number of rotatable bonds is 5. The molecule has 0 atom stereocenters. The molecule has 0 saturated heterocycles. The topological polar surface area (TPSA) is 34.9 Å². The highest BCUT2D eigenvalue weighted by Crippen LogP contribution is 2.12. The molecule has 0 amide bonds. The number of carbonyl (C=O) groups is 1. The van der Waals surface area contributed by atoms with Crippen molar-refractivity contribution >= 4 is 17.4 Å². The average Bonchev–Trinajstić information content (AvgIpc) is 2.72. The average molecular weight is 263 g/mol. The van der Waals surface area contributed by atoms with E-state index in [0.717, 1.165) is 17.7 Å². The lowest BCUT2D eigenvalue weighted by molar-refractivity contribution is -0.118. The summed E-state index contributed by atoms with van der Waals surface area (Å²) in [5.41, 5.74) is 2.05. The van der Waals surface area contributed by atoms with Gasteiger partial charge in [-0.15, -0.1) is 0 Å². The normalized spacial score (nSPS) is 10.6. The first kappa shape index (κ1) is 12.8. The van der Waals surface area contributed by atoms with Crippen LogP contribution in [0.3, 0.4) is 0 Å². The predicted molar refractivity (Wildman–Crippen MR) is 71.7 cm³/mol. The highest BCUT2D eigenvalue weighted by molar-refractivity contribution is 6.30. The minimum Gasteiger partial charge on any atom is -0.299 e. The maximum absolute atomic E-state index is 11.9. The Morgan fingerprint density at radius 3 is 2.89 bits per heavy atom. The van der Waals surface area contributed by atoms with E-state index in [9.17, 15) is 4.79 Å². The van der Waals surface area contributed by atoms with Crippen molar-refractivity contribution in [2.75, 3.05) is 0 Å². The SMILES string of the molecule is Cn1nccc1CCC(=O)Cc1cccc(Cl)c1. The molecule has 1 aromatic carbocycles. The van der Waals surface area contributed by atoms with Crippen LogP contribution in [-0.4, -0.2) is 15.6 Å². The van der Waals surface area contributed by atoms with E-state index in [1.807, 2.05) is 37.4 Å². The van der Waals surface area contributed by atoms with Crippen LogP contribution in [-0.2, 0) is 24.7 Å². The molecule has 0 bridgehead atoms. The number of carbonyl (C=O) groups excluding carboxylic acids is 1. The van der Waals surface area contributed by atoms with E-state index in [2.05, 4.69) is 5.10 Å². The van der Waals surface area contributed by atoms with Crippen LogP contribution in [0.5, 0.6) is 0 Å². The van der Waals surface area contributed by atoms with Gasteiger partial charge in [0.25, 0.3) is 0 Å². The Labute approximate surface area is 111 Å². The van der Waals surface area contributed by atoms with Gasteiger partial charge in [0, 0.05) is 36.8 Å². The summed E-state index contributed by atoms with van der Waals surface area (Å²) in [7, 11) is 1.89. The second-order valence-corrected chi connectivity index (χ2v) is 4.73. The molecule has 3 nitrogen and oxygen atoms in total. The molecule has 0 N–H and O–H groups in total. The van der Waals surface area contributed by atoms with Gasteiger partial charge in [0.1, 0.15) is 5.78 Å². The predicted octanol–water partition coefficient (Wildman–Crippen LogP) is 2.82. The number of aromatic nitrogens is 2. The fourth-order valence-electron chi connectivity index (χ4n) is 1.88. The summed E-state index contributed by atoms with van der Waals surface area (Å²) in [5, 5.41) is 4.75. The molecule has 94 valence electrons. The van der Waals surface area contributed by atoms with Crippen LogP contribution in [0.1, 0.15) is 17.7 Å². The number of hydrogen-bond acceptors (Lipinski definition) is 2. The lowest BCUT2D eigenvalue weighted by Gasteiger charge is -2.03. The molecule has 2 aromatic rings. The molecule has 0 unspecified atom stereocenters. The minimum atomic E-state index is 0.221. The fourth-order valence-corrected chi connectivity index (χ4v) is 2.09. The third kappa shape index (κ3) is 3.44. The Morgan fingerprint density at radius 1 is 1.39 bits per heavy atom. The highest BCUT2D eigenvalue weighted by atomic mass is 35.5. The largest absolute Gasteiger partial charge is 0.299 e. The zero-order chi connectivity index (χ0) is 13.0. The van der Waals surface area contributed by atoms with Gasteiger partial charge in [0.05, 0.1) is 0 Å². The van der Waals surface area contributed by atoms with E-state index in [1.54, 1.807) is 10.9 Å². The molecule has 0 radical (unpaired) electrons. The first-order valence-electron chi connectivity index (χ1n) is 5.88. The molecule has 1 aromatic heterocycles. The summed E-state index contributed by atoms with van der Waals surface area (Å²) in [4.78, 5) is 11.9. The fraction of sp³-hybridized carbons (Fsp3) is 0.286. The van der Waals surface area contributed by atoms with E-state index < -0.39 is 0 Å². The van der Waals surface area contributed by atoms with Crippen LogP contribution in [0.25, 0.3) is 0 Å². The molecule has 0 aliphatic carbocycles.